The Morgan fingerprint density at radius 3 is 2.57 bits per heavy atom. The zero-order valence-electron chi connectivity index (χ0n) is 15.3. The predicted molar refractivity (Wildman–Crippen MR) is 117 cm³/mol. The van der Waals surface area contributed by atoms with Crippen LogP contribution in [0.5, 0.6) is 11.5 Å². The van der Waals surface area contributed by atoms with Gasteiger partial charge in [-0.25, -0.2) is 0 Å². The summed E-state index contributed by atoms with van der Waals surface area (Å²) < 4.78 is 11.6. The maximum atomic E-state index is 10.9. The highest BCUT2D eigenvalue weighted by molar-refractivity contribution is 9.10. The summed E-state index contributed by atoms with van der Waals surface area (Å²) in [5, 5.41) is 8.41. The molecule has 0 radical (unpaired) electrons. The van der Waals surface area contributed by atoms with Crippen molar-refractivity contribution < 1.29 is 14.3 Å². The average Bonchev–Trinajstić information content (AvgIpc) is 2.68. The van der Waals surface area contributed by atoms with Crippen molar-refractivity contribution in [1.82, 2.24) is 0 Å². The zero-order valence-corrected chi connectivity index (χ0v) is 17.7. The first-order valence-electron chi connectivity index (χ1n) is 8.40. The molecule has 0 fully saturated rings. The lowest BCUT2D eigenvalue weighted by Gasteiger charge is -2.12. The minimum Gasteiger partial charge on any atom is -0.490 e. The molecule has 2 aromatic rings. The van der Waals surface area contributed by atoms with Gasteiger partial charge in [-0.3, -0.25) is 4.79 Å². The van der Waals surface area contributed by atoms with Crippen LogP contribution in [0.25, 0.3) is 0 Å². The van der Waals surface area contributed by atoms with E-state index in [0.29, 0.717) is 27.7 Å². The molecule has 2 aromatic carbocycles. The highest BCUT2D eigenvalue weighted by atomic mass is 79.9. The number of benzene rings is 2. The summed E-state index contributed by atoms with van der Waals surface area (Å²) in [6, 6.07) is 13.4. The lowest BCUT2D eigenvalue weighted by atomic mass is 10.2. The van der Waals surface area contributed by atoms with Crippen LogP contribution in [-0.4, -0.2) is 30.5 Å². The molecular formula is C19H21BrN4O3S. The fraction of sp³-hybridized carbons (Fsp3) is 0.211. The van der Waals surface area contributed by atoms with Crippen molar-refractivity contribution >= 4 is 45.0 Å². The van der Waals surface area contributed by atoms with Crippen LogP contribution < -0.4 is 20.9 Å². The van der Waals surface area contributed by atoms with Crippen LogP contribution in [0.1, 0.15) is 18.1 Å². The van der Waals surface area contributed by atoms with E-state index in [-0.39, 0.29) is 6.61 Å². The molecule has 7 nitrogen and oxygen atoms in total. The minimum absolute atomic E-state index is 0.237. The molecule has 0 aliphatic rings. The number of amides is 1. The maximum Gasteiger partial charge on any atom is 0.255 e. The summed E-state index contributed by atoms with van der Waals surface area (Å²) in [5.41, 5.74) is 12.9. The molecule has 148 valence electrons. The van der Waals surface area contributed by atoms with Gasteiger partial charge in [-0.2, -0.15) is 5.10 Å². The van der Waals surface area contributed by atoms with Gasteiger partial charge in [0.05, 0.1) is 12.8 Å². The van der Waals surface area contributed by atoms with Gasteiger partial charge in [0, 0.05) is 15.8 Å². The number of carbonyl (C=O) groups excluding carboxylic acids is 1. The second-order valence-electron chi connectivity index (χ2n) is 5.47. The quantitative estimate of drug-likeness (QED) is 0.335. The van der Waals surface area contributed by atoms with Crippen molar-refractivity contribution in [2.75, 3.05) is 13.2 Å². The Morgan fingerprint density at radius 1 is 1.18 bits per heavy atom. The van der Waals surface area contributed by atoms with Gasteiger partial charge in [-0.15, -0.1) is 5.10 Å². The highest BCUT2D eigenvalue weighted by Gasteiger charge is 2.11. The monoisotopic (exact) mass is 464 g/mol. The summed E-state index contributed by atoms with van der Waals surface area (Å²) in [7, 11) is 0. The van der Waals surface area contributed by atoms with Crippen LogP contribution in [0.4, 0.5) is 0 Å². The Balaban J connectivity index is 2.06. The van der Waals surface area contributed by atoms with Gasteiger partial charge in [0.25, 0.3) is 5.91 Å². The van der Waals surface area contributed by atoms with Crippen LogP contribution in [0.3, 0.4) is 0 Å². The SMILES string of the molecule is CCOc1cc(C=NN=C(N)SCc2ccccc2)c(Br)cc1OCC(N)=O. The third kappa shape index (κ3) is 7.24. The first-order valence-corrected chi connectivity index (χ1v) is 10.2. The van der Waals surface area contributed by atoms with Crippen molar-refractivity contribution in [2.45, 2.75) is 12.7 Å². The summed E-state index contributed by atoms with van der Waals surface area (Å²) in [4.78, 5) is 10.9. The minimum atomic E-state index is -0.568. The van der Waals surface area contributed by atoms with E-state index >= 15 is 0 Å². The largest absolute Gasteiger partial charge is 0.490 e. The molecule has 0 saturated heterocycles. The molecule has 0 heterocycles. The number of carbonyl (C=O) groups is 1. The normalized spacial score (nSPS) is 11.6. The zero-order chi connectivity index (χ0) is 20.4. The summed E-state index contributed by atoms with van der Waals surface area (Å²) >= 11 is 4.85. The van der Waals surface area contributed by atoms with E-state index in [9.17, 15) is 4.79 Å². The number of thioether (sulfide) groups is 1. The van der Waals surface area contributed by atoms with Gasteiger partial charge in [0.15, 0.2) is 23.3 Å². The summed E-state index contributed by atoms with van der Waals surface area (Å²) in [6.45, 7) is 2.05. The van der Waals surface area contributed by atoms with Crippen LogP contribution >= 0.6 is 27.7 Å². The van der Waals surface area contributed by atoms with Gasteiger partial charge in [0.2, 0.25) is 0 Å². The highest BCUT2D eigenvalue weighted by Crippen LogP contribution is 2.33. The number of primary amides is 1. The molecule has 2 rings (SSSR count). The Hall–Kier alpha value is -2.52. The third-order valence-corrected chi connectivity index (χ3v) is 4.86. The molecule has 4 N–H and O–H groups in total. The maximum absolute atomic E-state index is 10.9. The Labute approximate surface area is 176 Å². The summed E-state index contributed by atoms with van der Waals surface area (Å²) in [5.74, 6) is 1.03. The molecule has 1 amide bonds. The molecule has 0 aliphatic carbocycles. The standard InChI is InChI=1S/C19H21BrN4O3S/c1-2-26-16-8-14(15(20)9-17(16)27-11-18(21)25)10-23-24-19(22)28-12-13-6-4-3-5-7-13/h3-10H,2,11-12H2,1H3,(H2,21,25)(H2,22,24). The van der Waals surface area contributed by atoms with Crippen molar-refractivity contribution in [3.05, 3.63) is 58.1 Å². The molecule has 28 heavy (non-hydrogen) atoms. The number of ether oxygens (including phenoxy) is 2. The van der Waals surface area contributed by atoms with Gasteiger partial charge in [0.1, 0.15) is 0 Å². The van der Waals surface area contributed by atoms with Crippen molar-refractivity contribution in [1.29, 1.82) is 0 Å². The molecule has 0 saturated carbocycles. The Morgan fingerprint density at radius 2 is 1.89 bits per heavy atom. The van der Waals surface area contributed by atoms with E-state index in [1.54, 1.807) is 18.3 Å². The first kappa shape index (κ1) is 21.8. The smallest absolute Gasteiger partial charge is 0.255 e. The number of hydrogen-bond donors (Lipinski definition) is 2. The Bertz CT molecular complexity index is 860. The fourth-order valence-electron chi connectivity index (χ4n) is 2.09. The van der Waals surface area contributed by atoms with E-state index in [1.807, 2.05) is 37.3 Å². The average molecular weight is 465 g/mol. The van der Waals surface area contributed by atoms with Gasteiger partial charge < -0.3 is 20.9 Å². The van der Waals surface area contributed by atoms with Crippen molar-refractivity contribution in [3.63, 3.8) is 0 Å². The van der Waals surface area contributed by atoms with Crippen molar-refractivity contribution in [3.8, 4) is 11.5 Å². The van der Waals surface area contributed by atoms with Crippen molar-refractivity contribution in [2.24, 2.45) is 21.7 Å². The topological polar surface area (TPSA) is 112 Å². The number of hydrogen-bond acceptors (Lipinski definition) is 6. The van der Waals surface area contributed by atoms with Gasteiger partial charge in [-0.05, 0) is 40.5 Å². The molecule has 9 heteroatoms. The number of halogens is 1. The fourth-order valence-corrected chi connectivity index (χ4v) is 3.12. The summed E-state index contributed by atoms with van der Waals surface area (Å²) in [6.07, 6.45) is 1.56. The predicted octanol–water partition coefficient (Wildman–Crippen LogP) is 3.29. The van der Waals surface area contributed by atoms with E-state index in [1.165, 1.54) is 11.8 Å². The molecular weight excluding hydrogens is 444 g/mol. The van der Waals surface area contributed by atoms with Gasteiger partial charge in [-0.1, -0.05) is 42.1 Å². The number of nitrogens with two attached hydrogens (primary N) is 2. The second-order valence-corrected chi connectivity index (χ2v) is 7.32. The lowest BCUT2D eigenvalue weighted by Crippen LogP contribution is -2.20. The van der Waals surface area contributed by atoms with Crippen LogP contribution in [0.15, 0.2) is 57.1 Å². The molecule has 0 spiro atoms. The lowest BCUT2D eigenvalue weighted by molar-refractivity contribution is -0.119. The number of nitrogens with zero attached hydrogens (tertiary/aromatic N) is 2. The van der Waals surface area contributed by atoms with Gasteiger partial charge >= 0.3 is 0 Å². The second kappa shape index (κ2) is 11.4. The van der Waals surface area contributed by atoms with E-state index in [2.05, 4.69) is 26.1 Å². The van der Waals surface area contributed by atoms with Crippen LogP contribution in [0, 0.1) is 0 Å². The number of rotatable bonds is 9. The van der Waals surface area contributed by atoms with Crippen LogP contribution in [0.2, 0.25) is 0 Å². The third-order valence-electron chi connectivity index (χ3n) is 3.32. The Kier molecular flexibility index (Phi) is 8.83. The van der Waals surface area contributed by atoms with E-state index in [4.69, 9.17) is 20.9 Å². The number of amidine groups is 1. The molecule has 0 atom stereocenters. The molecule has 0 aliphatic heterocycles. The van der Waals surface area contributed by atoms with Crippen LogP contribution in [-0.2, 0) is 10.5 Å². The first-order chi connectivity index (χ1) is 13.5. The van der Waals surface area contributed by atoms with E-state index in [0.717, 1.165) is 16.9 Å². The van der Waals surface area contributed by atoms with E-state index < -0.39 is 5.91 Å². The molecule has 0 unspecified atom stereocenters. The molecule has 0 aromatic heterocycles. The molecule has 0 bridgehead atoms.